The highest BCUT2D eigenvalue weighted by atomic mass is 35.5. The van der Waals surface area contributed by atoms with Crippen LogP contribution in [0.15, 0.2) is 36.4 Å². The Hall–Kier alpha value is -1.45. The fourth-order valence-electron chi connectivity index (χ4n) is 2.18. The van der Waals surface area contributed by atoms with E-state index < -0.39 is 11.6 Å². The maximum absolute atomic E-state index is 13.9. The summed E-state index contributed by atoms with van der Waals surface area (Å²) >= 11 is 5.92. The maximum atomic E-state index is 13.9. The molecule has 0 bridgehead atoms. The second-order valence-electron chi connectivity index (χ2n) is 4.39. The van der Waals surface area contributed by atoms with Crippen molar-refractivity contribution < 1.29 is 8.78 Å². The zero-order valence-electron chi connectivity index (χ0n) is 10.7. The van der Waals surface area contributed by atoms with Gasteiger partial charge >= 0.3 is 0 Å². The molecule has 0 spiro atoms. The Bertz CT molecular complexity index is 547. The van der Waals surface area contributed by atoms with E-state index in [1.54, 1.807) is 13.1 Å². The standard InChI is InChI=1S/C15H14ClF2N/c1-9-7-10(16)3-5-12(9)15(19-2)13-6-4-11(17)8-14(13)18/h3-8,15,19H,1-2H3. The van der Waals surface area contributed by atoms with Crippen LogP contribution in [0.2, 0.25) is 5.02 Å². The predicted molar refractivity (Wildman–Crippen MR) is 73.4 cm³/mol. The fourth-order valence-corrected chi connectivity index (χ4v) is 2.40. The quantitative estimate of drug-likeness (QED) is 0.887. The Balaban J connectivity index is 2.50. The first kappa shape index (κ1) is 14.0. The molecule has 0 saturated heterocycles. The number of rotatable bonds is 3. The van der Waals surface area contributed by atoms with Crippen LogP contribution < -0.4 is 5.32 Å². The molecule has 1 atom stereocenters. The summed E-state index contributed by atoms with van der Waals surface area (Å²) in [6.45, 7) is 1.91. The third kappa shape index (κ3) is 2.94. The average molecular weight is 282 g/mol. The molecule has 0 amide bonds. The third-order valence-electron chi connectivity index (χ3n) is 3.11. The average Bonchev–Trinajstić information content (AvgIpc) is 2.34. The molecule has 0 saturated carbocycles. The number of nitrogens with one attached hydrogen (secondary N) is 1. The highest BCUT2D eigenvalue weighted by molar-refractivity contribution is 6.30. The molecule has 19 heavy (non-hydrogen) atoms. The van der Waals surface area contributed by atoms with Crippen molar-refractivity contribution in [3.05, 3.63) is 69.7 Å². The van der Waals surface area contributed by atoms with E-state index in [0.717, 1.165) is 17.2 Å². The van der Waals surface area contributed by atoms with Gasteiger partial charge in [-0.2, -0.15) is 0 Å². The van der Waals surface area contributed by atoms with Crippen molar-refractivity contribution in [1.29, 1.82) is 0 Å². The van der Waals surface area contributed by atoms with E-state index in [2.05, 4.69) is 5.32 Å². The first-order valence-corrected chi connectivity index (χ1v) is 6.29. The molecule has 2 aromatic carbocycles. The highest BCUT2D eigenvalue weighted by Gasteiger charge is 2.18. The van der Waals surface area contributed by atoms with Crippen molar-refractivity contribution >= 4 is 11.6 Å². The lowest BCUT2D eigenvalue weighted by molar-refractivity contribution is 0.551. The summed E-state index contributed by atoms with van der Waals surface area (Å²) in [5, 5.41) is 3.68. The van der Waals surface area contributed by atoms with E-state index in [4.69, 9.17) is 11.6 Å². The number of aryl methyl sites for hydroxylation is 1. The fraction of sp³-hybridized carbons (Fsp3) is 0.200. The zero-order chi connectivity index (χ0) is 14.0. The highest BCUT2D eigenvalue weighted by Crippen LogP contribution is 2.28. The molecular weight excluding hydrogens is 268 g/mol. The summed E-state index contributed by atoms with van der Waals surface area (Å²) in [6.07, 6.45) is 0. The second-order valence-corrected chi connectivity index (χ2v) is 4.82. The number of hydrogen-bond acceptors (Lipinski definition) is 1. The van der Waals surface area contributed by atoms with E-state index >= 15 is 0 Å². The van der Waals surface area contributed by atoms with Crippen LogP contribution in [0.3, 0.4) is 0 Å². The van der Waals surface area contributed by atoms with Gasteiger partial charge < -0.3 is 5.32 Å². The van der Waals surface area contributed by atoms with Gasteiger partial charge in [0.15, 0.2) is 0 Å². The minimum atomic E-state index is -0.580. The predicted octanol–water partition coefficient (Wildman–Crippen LogP) is 4.24. The maximum Gasteiger partial charge on any atom is 0.131 e. The molecule has 0 aliphatic heterocycles. The topological polar surface area (TPSA) is 12.0 Å². The molecule has 1 N–H and O–H groups in total. The van der Waals surface area contributed by atoms with Gasteiger partial charge in [0.2, 0.25) is 0 Å². The van der Waals surface area contributed by atoms with Gasteiger partial charge in [0.1, 0.15) is 11.6 Å². The third-order valence-corrected chi connectivity index (χ3v) is 3.34. The second kappa shape index (κ2) is 5.68. The molecule has 0 radical (unpaired) electrons. The minimum Gasteiger partial charge on any atom is -0.309 e. The molecule has 0 aromatic heterocycles. The Morgan fingerprint density at radius 1 is 1.05 bits per heavy atom. The van der Waals surface area contributed by atoms with Gasteiger partial charge in [-0.3, -0.25) is 0 Å². The Morgan fingerprint density at radius 2 is 1.74 bits per heavy atom. The van der Waals surface area contributed by atoms with Gasteiger partial charge in [-0.05, 0) is 43.3 Å². The molecule has 2 rings (SSSR count). The van der Waals surface area contributed by atoms with Crippen molar-refractivity contribution in [2.45, 2.75) is 13.0 Å². The zero-order valence-corrected chi connectivity index (χ0v) is 11.4. The van der Waals surface area contributed by atoms with Gasteiger partial charge in [-0.25, -0.2) is 8.78 Å². The van der Waals surface area contributed by atoms with E-state index in [1.807, 2.05) is 19.1 Å². The summed E-state index contributed by atoms with van der Waals surface area (Å²) in [5.74, 6) is -1.14. The molecule has 0 fully saturated rings. The van der Waals surface area contributed by atoms with Crippen LogP contribution in [0, 0.1) is 18.6 Å². The van der Waals surface area contributed by atoms with Crippen LogP contribution in [0.25, 0.3) is 0 Å². The van der Waals surface area contributed by atoms with Gasteiger partial charge in [0.25, 0.3) is 0 Å². The molecule has 1 unspecified atom stereocenters. The summed E-state index contributed by atoms with van der Waals surface area (Å²) in [7, 11) is 1.74. The minimum absolute atomic E-state index is 0.335. The van der Waals surface area contributed by atoms with Crippen molar-refractivity contribution in [2.24, 2.45) is 0 Å². The molecule has 0 aliphatic rings. The van der Waals surface area contributed by atoms with Crippen LogP contribution >= 0.6 is 11.6 Å². The Labute approximate surface area is 116 Å². The van der Waals surface area contributed by atoms with Crippen LogP contribution in [0.5, 0.6) is 0 Å². The van der Waals surface area contributed by atoms with E-state index in [1.165, 1.54) is 12.1 Å². The number of benzene rings is 2. The first-order chi connectivity index (χ1) is 9.02. The van der Waals surface area contributed by atoms with Crippen molar-refractivity contribution in [3.63, 3.8) is 0 Å². The van der Waals surface area contributed by atoms with Crippen LogP contribution in [0.1, 0.15) is 22.7 Å². The SMILES string of the molecule is CNC(c1ccc(Cl)cc1C)c1ccc(F)cc1F. The first-order valence-electron chi connectivity index (χ1n) is 5.91. The van der Waals surface area contributed by atoms with Crippen LogP contribution in [0.4, 0.5) is 8.78 Å². The van der Waals surface area contributed by atoms with Crippen molar-refractivity contribution in [1.82, 2.24) is 5.32 Å². The summed E-state index contributed by atoms with van der Waals surface area (Å²) in [5.41, 5.74) is 2.28. The molecule has 100 valence electrons. The summed E-state index contributed by atoms with van der Waals surface area (Å²) in [4.78, 5) is 0. The van der Waals surface area contributed by atoms with Gasteiger partial charge in [-0.15, -0.1) is 0 Å². The van der Waals surface area contributed by atoms with Gasteiger partial charge in [0, 0.05) is 16.7 Å². The summed E-state index contributed by atoms with van der Waals surface area (Å²) < 4.78 is 26.8. The normalized spacial score (nSPS) is 12.5. The van der Waals surface area contributed by atoms with Crippen molar-refractivity contribution in [3.8, 4) is 0 Å². The lowest BCUT2D eigenvalue weighted by atomic mass is 9.95. The van der Waals surface area contributed by atoms with Gasteiger partial charge in [-0.1, -0.05) is 23.7 Å². The van der Waals surface area contributed by atoms with E-state index in [9.17, 15) is 8.78 Å². The van der Waals surface area contributed by atoms with E-state index in [-0.39, 0.29) is 6.04 Å². The molecular formula is C15H14ClF2N. The molecule has 0 heterocycles. The Kier molecular flexibility index (Phi) is 4.17. The number of halogens is 3. The lowest BCUT2D eigenvalue weighted by Crippen LogP contribution is -2.20. The number of hydrogen-bond donors (Lipinski definition) is 1. The largest absolute Gasteiger partial charge is 0.309 e. The van der Waals surface area contributed by atoms with E-state index in [0.29, 0.717) is 10.6 Å². The summed E-state index contributed by atoms with van der Waals surface area (Å²) in [6, 6.07) is 8.71. The van der Waals surface area contributed by atoms with Crippen LogP contribution in [-0.4, -0.2) is 7.05 Å². The molecule has 4 heteroatoms. The Morgan fingerprint density at radius 3 is 2.32 bits per heavy atom. The lowest BCUT2D eigenvalue weighted by Gasteiger charge is -2.20. The van der Waals surface area contributed by atoms with Gasteiger partial charge in [0.05, 0.1) is 6.04 Å². The van der Waals surface area contributed by atoms with Crippen molar-refractivity contribution in [2.75, 3.05) is 7.05 Å². The smallest absolute Gasteiger partial charge is 0.131 e. The van der Waals surface area contributed by atoms with Crippen LogP contribution in [-0.2, 0) is 0 Å². The molecule has 1 nitrogen and oxygen atoms in total. The molecule has 2 aromatic rings. The molecule has 0 aliphatic carbocycles. The monoisotopic (exact) mass is 281 g/mol.